The van der Waals surface area contributed by atoms with Crippen molar-refractivity contribution in [2.75, 3.05) is 13.2 Å². The Bertz CT molecular complexity index is 1050. The molecule has 0 aromatic heterocycles. The highest BCUT2D eigenvalue weighted by atomic mass is 16.7. The molecule has 1 amide bonds. The van der Waals surface area contributed by atoms with Crippen LogP contribution >= 0.6 is 0 Å². The number of hydrogen-bond donors (Lipinski definition) is 4. The first-order chi connectivity index (χ1) is 21.8. The van der Waals surface area contributed by atoms with Crippen LogP contribution in [0.4, 0.5) is 4.79 Å². The number of carbonyl (C=O) groups is 1. The average Bonchev–Trinajstić information content (AvgIpc) is 3.37. The van der Waals surface area contributed by atoms with Crippen molar-refractivity contribution in [3.05, 3.63) is 11.6 Å². The molecule has 0 aromatic carbocycles. The zero-order valence-electron chi connectivity index (χ0n) is 29.6. The molecule has 0 bridgehead atoms. The molecule has 1 heterocycles. The Morgan fingerprint density at radius 2 is 1.76 bits per heavy atom. The quantitative estimate of drug-likeness (QED) is 0.137. The normalized spacial score (nSPS) is 42.9. The van der Waals surface area contributed by atoms with Crippen LogP contribution in [0, 0.1) is 46.3 Å². The third-order valence-corrected chi connectivity index (χ3v) is 13.5. The summed E-state index contributed by atoms with van der Waals surface area (Å²) in [6, 6.07) is 0. The van der Waals surface area contributed by atoms with Gasteiger partial charge in [-0.15, -0.1) is 0 Å². The minimum atomic E-state index is -1.30. The Morgan fingerprint density at radius 1 is 0.978 bits per heavy atom. The molecule has 0 aromatic rings. The van der Waals surface area contributed by atoms with Gasteiger partial charge in [0.1, 0.15) is 24.4 Å². The molecule has 46 heavy (non-hydrogen) atoms. The number of alkyl carbamates (subject to hydrolysis) is 1. The van der Waals surface area contributed by atoms with Gasteiger partial charge in [0.15, 0.2) is 6.29 Å². The number of hydrogen-bond acceptors (Lipinski definition) is 7. The van der Waals surface area contributed by atoms with Gasteiger partial charge < -0.3 is 34.8 Å². The summed E-state index contributed by atoms with van der Waals surface area (Å²) in [5.74, 6) is 4.94. The summed E-state index contributed by atoms with van der Waals surface area (Å²) in [7, 11) is 0. The minimum Gasteiger partial charge on any atom is -0.446 e. The fourth-order valence-corrected chi connectivity index (χ4v) is 10.7. The van der Waals surface area contributed by atoms with Crippen molar-refractivity contribution in [3.63, 3.8) is 0 Å². The number of unbranched alkanes of at least 4 members (excludes halogenated alkanes) is 1. The van der Waals surface area contributed by atoms with Gasteiger partial charge in [-0.2, -0.15) is 0 Å². The lowest BCUT2D eigenvalue weighted by Crippen LogP contribution is -2.57. The van der Waals surface area contributed by atoms with E-state index in [1.807, 2.05) is 0 Å². The van der Waals surface area contributed by atoms with E-state index in [0.717, 1.165) is 54.8 Å². The number of fused-ring (bicyclic) bond motifs is 5. The second-order valence-corrected chi connectivity index (χ2v) is 16.7. The van der Waals surface area contributed by atoms with Gasteiger partial charge in [-0.1, -0.05) is 65.5 Å². The topological polar surface area (TPSA) is 117 Å². The summed E-state index contributed by atoms with van der Waals surface area (Å²) in [5, 5.41) is 32.7. The van der Waals surface area contributed by atoms with Crippen LogP contribution in [0.5, 0.6) is 0 Å². The molecule has 4 aliphatic carbocycles. The maximum atomic E-state index is 12.7. The number of aliphatic hydroxyl groups excluding tert-OH is 3. The fraction of sp³-hybridized carbons (Fsp3) is 0.921. The Balaban J connectivity index is 1.05. The second-order valence-electron chi connectivity index (χ2n) is 16.7. The third-order valence-electron chi connectivity index (χ3n) is 13.5. The molecule has 5 aliphatic rings. The summed E-state index contributed by atoms with van der Waals surface area (Å²) in [5.41, 5.74) is 2.28. The SMILES string of the molecule is CC(C)CCCC(C)C1CCC2C3CC=C4CC(OC(=O)NCCCCO[C@H]5OC(C)[C@H](O)C(O)C5O)CC[C@]4(C)C3CC[C@]12C. The van der Waals surface area contributed by atoms with E-state index < -0.39 is 30.7 Å². The Kier molecular flexibility index (Phi) is 11.9. The number of allylic oxidation sites excluding steroid dienone is 1. The predicted octanol–water partition coefficient (Wildman–Crippen LogP) is 6.75. The van der Waals surface area contributed by atoms with Gasteiger partial charge in [-0.05, 0) is 111 Å². The molecule has 1 aliphatic heterocycles. The van der Waals surface area contributed by atoms with Crippen LogP contribution in [-0.2, 0) is 14.2 Å². The maximum absolute atomic E-state index is 12.7. The van der Waals surface area contributed by atoms with E-state index in [1.165, 1.54) is 56.9 Å². The zero-order valence-corrected chi connectivity index (χ0v) is 29.6. The highest BCUT2D eigenvalue weighted by Crippen LogP contribution is 2.67. The van der Waals surface area contributed by atoms with E-state index in [4.69, 9.17) is 14.2 Å². The van der Waals surface area contributed by atoms with Crippen LogP contribution in [0.3, 0.4) is 0 Å². The zero-order chi connectivity index (χ0) is 33.2. The van der Waals surface area contributed by atoms with Gasteiger partial charge >= 0.3 is 6.09 Å². The molecule has 8 nitrogen and oxygen atoms in total. The standard InChI is InChI=1S/C38H65NO7/c1-23(2)10-9-11-24(3)29-14-15-30-28-13-12-26-22-27(16-18-37(26,5)31(28)17-19-38(29,30)6)46-36(43)39-20-7-8-21-44-35-34(42)33(41)32(40)25(4)45-35/h12,23-25,27-35,40-42H,7-11,13-22H2,1-6H3,(H,39,43)/t24?,25?,27?,28?,29?,30?,31?,32-,33?,34?,35-,37-,38+/m0/s1. The van der Waals surface area contributed by atoms with Crippen LogP contribution in [0.2, 0.25) is 0 Å². The van der Waals surface area contributed by atoms with E-state index in [0.29, 0.717) is 31.4 Å². The molecule has 1 saturated heterocycles. The van der Waals surface area contributed by atoms with Crippen LogP contribution in [-0.4, -0.2) is 71.4 Å². The molecule has 8 heteroatoms. The summed E-state index contributed by atoms with van der Waals surface area (Å²) >= 11 is 0. The van der Waals surface area contributed by atoms with E-state index in [1.54, 1.807) is 6.92 Å². The Labute approximate surface area is 278 Å². The lowest BCUT2D eigenvalue weighted by molar-refractivity contribution is -0.293. The lowest BCUT2D eigenvalue weighted by atomic mass is 9.47. The smallest absolute Gasteiger partial charge is 0.407 e. The number of ether oxygens (including phenoxy) is 3. The van der Waals surface area contributed by atoms with Crippen LogP contribution in [0.1, 0.15) is 125 Å². The van der Waals surface area contributed by atoms with Crippen molar-refractivity contribution in [1.82, 2.24) is 5.32 Å². The van der Waals surface area contributed by atoms with Crippen molar-refractivity contribution in [3.8, 4) is 0 Å². The number of rotatable bonds is 12. The molecule has 3 saturated carbocycles. The summed E-state index contributed by atoms with van der Waals surface area (Å²) in [6.07, 6.45) is 11.9. The Morgan fingerprint density at radius 3 is 2.52 bits per heavy atom. The number of nitrogens with one attached hydrogen (secondary N) is 1. The highest BCUT2D eigenvalue weighted by molar-refractivity contribution is 5.67. The first-order valence-electron chi connectivity index (χ1n) is 18.8. The summed E-state index contributed by atoms with van der Waals surface area (Å²) in [4.78, 5) is 12.7. The van der Waals surface area contributed by atoms with Crippen molar-refractivity contribution in [1.29, 1.82) is 0 Å². The predicted molar refractivity (Wildman–Crippen MR) is 179 cm³/mol. The lowest BCUT2D eigenvalue weighted by Gasteiger charge is -2.58. The average molecular weight is 648 g/mol. The van der Waals surface area contributed by atoms with Crippen LogP contribution in [0.25, 0.3) is 0 Å². The maximum Gasteiger partial charge on any atom is 0.407 e. The minimum absolute atomic E-state index is 0.0654. The van der Waals surface area contributed by atoms with Gasteiger partial charge in [-0.25, -0.2) is 4.79 Å². The second kappa shape index (κ2) is 15.1. The number of amides is 1. The van der Waals surface area contributed by atoms with Crippen molar-refractivity contribution >= 4 is 6.09 Å². The molecule has 264 valence electrons. The molecule has 4 fully saturated rings. The third kappa shape index (κ3) is 7.51. The largest absolute Gasteiger partial charge is 0.446 e. The van der Waals surface area contributed by atoms with Gasteiger partial charge in [0.05, 0.1) is 6.10 Å². The highest BCUT2D eigenvalue weighted by Gasteiger charge is 2.59. The van der Waals surface area contributed by atoms with Crippen molar-refractivity contribution in [2.24, 2.45) is 46.3 Å². The summed E-state index contributed by atoms with van der Waals surface area (Å²) in [6.45, 7) is 14.9. The van der Waals surface area contributed by atoms with Crippen LogP contribution in [0.15, 0.2) is 11.6 Å². The molecule has 13 atom stereocenters. The Hall–Kier alpha value is -1.19. The molecule has 9 unspecified atom stereocenters. The van der Waals surface area contributed by atoms with E-state index in [9.17, 15) is 20.1 Å². The summed E-state index contributed by atoms with van der Waals surface area (Å²) < 4.78 is 17.0. The van der Waals surface area contributed by atoms with Gasteiger partial charge in [0.25, 0.3) is 0 Å². The molecule has 0 spiro atoms. The van der Waals surface area contributed by atoms with Gasteiger partial charge in [0.2, 0.25) is 0 Å². The van der Waals surface area contributed by atoms with E-state index >= 15 is 0 Å². The van der Waals surface area contributed by atoms with E-state index in [-0.39, 0.29) is 17.6 Å². The van der Waals surface area contributed by atoms with Gasteiger partial charge in [-0.3, -0.25) is 0 Å². The number of aliphatic hydroxyl groups is 3. The molecular weight excluding hydrogens is 582 g/mol. The fourth-order valence-electron chi connectivity index (χ4n) is 10.7. The molecule has 5 rings (SSSR count). The van der Waals surface area contributed by atoms with Crippen LogP contribution < -0.4 is 5.32 Å². The van der Waals surface area contributed by atoms with Gasteiger partial charge in [0, 0.05) is 19.6 Å². The first kappa shape index (κ1) is 36.1. The molecular formula is C38H65NO7. The van der Waals surface area contributed by atoms with E-state index in [2.05, 4.69) is 46.0 Å². The van der Waals surface area contributed by atoms with Crippen molar-refractivity contribution in [2.45, 2.75) is 162 Å². The molecule has 0 radical (unpaired) electrons. The van der Waals surface area contributed by atoms with Crippen molar-refractivity contribution < 1.29 is 34.3 Å². The monoisotopic (exact) mass is 647 g/mol. The number of carbonyl (C=O) groups excluding carboxylic acids is 1. The first-order valence-corrected chi connectivity index (χ1v) is 18.8. The molecule has 4 N–H and O–H groups in total.